The van der Waals surface area contributed by atoms with E-state index in [1.165, 1.54) is 0 Å². The maximum Gasteiger partial charge on any atom is 0.416 e. The third-order valence-corrected chi connectivity index (χ3v) is 4.36. The van der Waals surface area contributed by atoms with E-state index in [4.69, 9.17) is 0 Å². The lowest BCUT2D eigenvalue weighted by molar-refractivity contribution is -0.145. The molecule has 0 saturated carbocycles. The van der Waals surface area contributed by atoms with Gasteiger partial charge in [-0.2, -0.15) is 26.3 Å². The average Bonchev–Trinajstić information content (AvgIpc) is 2.65. The molecule has 10 heteroatoms. The molecule has 1 atom stereocenters. The molecule has 0 bridgehead atoms. The van der Waals surface area contributed by atoms with Crippen LogP contribution >= 0.6 is 0 Å². The molecular weight excluding hydrogens is 428 g/mol. The van der Waals surface area contributed by atoms with E-state index in [9.17, 15) is 35.9 Å². The molecule has 0 aromatic heterocycles. The van der Waals surface area contributed by atoms with Crippen molar-refractivity contribution in [3.8, 4) is 0 Å². The normalized spacial score (nSPS) is 12.9. The van der Waals surface area contributed by atoms with E-state index in [0.29, 0.717) is 17.7 Å². The summed E-state index contributed by atoms with van der Waals surface area (Å²) in [5, 5.41) is 2.32. The summed E-state index contributed by atoms with van der Waals surface area (Å²) >= 11 is 0. The maximum atomic E-state index is 13.0. The number of aryl methyl sites for hydroxylation is 1. The Labute approximate surface area is 174 Å². The van der Waals surface area contributed by atoms with E-state index in [1.807, 2.05) is 13.0 Å². The number of halogens is 6. The molecule has 0 aliphatic rings. The summed E-state index contributed by atoms with van der Waals surface area (Å²) in [7, 11) is 1.10. The summed E-state index contributed by atoms with van der Waals surface area (Å²) in [5.74, 6) is -1.72. The van der Waals surface area contributed by atoms with Crippen LogP contribution < -0.4 is 5.32 Å². The number of alkyl halides is 6. The molecule has 0 radical (unpaired) electrons. The predicted octanol–water partition coefficient (Wildman–Crippen LogP) is 4.48. The highest BCUT2D eigenvalue weighted by Crippen LogP contribution is 2.36. The number of esters is 1. The van der Waals surface area contributed by atoms with Crippen molar-refractivity contribution >= 4 is 11.9 Å². The maximum absolute atomic E-state index is 13.0. The smallest absolute Gasteiger partial charge is 0.416 e. The molecule has 0 fully saturated rings. The fourth-order valence-electron chi connectivity index (χ4n) is 2.96. The van der Waals surface area contributed by atoms with Crippen molar-refractivity contribution < 1.29 is 40.7 Å². The molecule has 0 heterocycles. The Hall–Kier alpha value is -3.04. The fraction of sp³-hybridized carbons (Fsp3) is 0.333. The predicted molar refractivity (Wildman–Crippen MR) is 99.0 cm³/mol. The highest BCUT2D eigenvalue weighted by molar-refractivity contribution is 5.85. The van der Waals surface area contributed by atoms with Gasteiger partial charge in [0.15, 0.2) is 0 Å². The van der Waals surface area contributed by atoms with Crippen LogP contribution in [0.5, 0.6) is 0 Å². The van der Waals surface area contributed by atoms with Crippen molar-refractivity contribution in [2.24, 2.45) is 0 Å². The standard InChI is InChI=1S/C21H19F6NO3/c1-12-4-3-5-13(6-12)9-17(19(30)31-2)28-18(29)10-14-7-15(20(22,23)24)11-16(8-14)21(25,26)27/h3-8,11,17H,9-10H2,1-2H3,(H,28,29)/t17-/m1/s1. The van der Waals surface area contributed by atoms with Gasteiger partial charge in [0.25, 0.3) is 0 Å². The zero-order valence-corrected chi connectivity index (χ0v) is 16.5. The number of carbonyl (C=O) groups is 2. The van der Waals surface area contributed by atoms with Gasteiger partial charge >= 0.3 is 18.3 Å². The minimum absolute atomic E-state index is 0.0175. The van der Waals surface area contributed by atoms with Crippen LogP contribution in [-0.2, 0) is 39.5 Å². The second kappa shape index (κ2) is 9.40. The highest BCUT2D eigenvalue weighted by atomic mass is 19.4. The number of rotatable bonds is 6. The van der Waals surface area contributed by atoms with Crippen LogP contribution in [0.2, 0.25) is 0 Å². The number of nitrogens with one attached hydrogen (secondary N) is 1. The summed E-state index contributed by atoms with van der Waals surface area (Å²) in [6.45, 7) is 1.82. The SMILES string of the molecule is COC(=O)[C@@H](Cc1cccc(C)c1)NC(=O)Cc1cc(C(F)(F)F)cc(C(F)(F)F)c1. The Morgan fingerprint density at radius 1 is 0.935 bits per heavy atom. The van der Waals surface area contributed by atoms with Crippen molar-refractivity contribution in [3.63, 3.8) is 0 Å². The minimum atomic E-state index is -5.02. The van der Waals surface area contributed by atoms with Gasteiger partial charge in [-0.3, -0.25) is 4.79 Å². The van der Waals surface area contributed by atoms with Crippen LogP contribution in [0.3, 0.4) is 0 Å². The van der Waals surface area contributed by atoms with Crippen LogP contribution in [0.1, 0.15) is 27.8 Å². The number of methoxy groups -OCH3 is 1. The van der Waals surface area contributed by atoms with E-state index in [2.05, 4.69) is 10.1 Å². The first-order valence-corrected chi connectivity index (χ1v) is 9.00. The summed E-state index contributed by atoms with van der Waals surface area (Å²) in [5.41, 5.74) is -1.94. The topological polar surface area (TPSA) is 55.4 Å². The third-order valence-electron chi connectivity index (χ3n) is 4.36. The van der Waals surface area contributed by atoms with E-state index < -0.39 is 53.4 Å². The van der Waals surface area contributed by atoms with Crippen LogP contribution in [0.25, 0.3) is 0 Å². The molecule has 0 spiro atoms. The lowest BCUT2D eigenvalue weighted by Gasteiger charge is -2.18. The van der Waals surface area contributed by atoms with Crippen molar-refractivity contribution in [1.82, 2.24) is 5.32 Å². The number of carbonyl (C=O) groups excluding carboxylic acids is 2. The van der Waals surface area contributed by atoms with Crippen LogP contribution in [0.15, 0.2) is 42.5 Å². The van der Waals surface area contributed by atoms with Gasteiger partial charge in [-0.15, -0.1) is 0 Å². The quantitative estimate of drug-likeness (QED) is 0.525. The van der Waals surface area contributed by atoms with Crippen LogP contribution in [0, 0.1) is 6.92 Å². The minimum Gasteiger partial charge on any atom is -0.467 e. The monoisotopic (exact) mass is 447 g/mol. The number of ether oxygens (including phenoxy) is 1. The van der Waals surface area contributed by atoms with E-state index in [-0.39, 0.29) is 12.5 Å². The zero-order valence-electron chi connectivity index (χ0n) is 16.5. The Balaban J connectivity index is 2.24. The Bertz CT molecular complexity index is 921. The van der Waals surface area contributed by atoms with Gasteiger partial charge in [-0.1, -0.05) is 29.8 Å². The number of hydrogen-bond acceptors (Lipinski definition) is 3. The average molecular weight is 447 g/mol. The van der Waals surface area contributed by atoms with Crippen molar-refractivity contribution in [2.75, 3.05) is 7.11 Å². The molecule has 4 nitrogen and oxygen atoms in total. The van der Waals surface area contributed by atoms with Gasteiger partial charge in [-0.05, 0) is 36.2 Å². The fourth-order valence-corrected chi connectivity index (χ4v) is 2.96. The van der Waals surface area contributed by atoms with Crippen molar-refractivity contribution in [1.29, 1.82) is 0 Å². The Kier molecular flexibility index (Phi) is 7.35. The molecule has 1 amide bonds. The van der Waals surface area contributed by atoms with Gasteiger partial charge in [0, 0.05) is 6.42 Å². The van der Waals surface area contributed by atoms with Crippen LogP contribution in [-0.4, -0.2) is 25.0 Å². The van der Waals surface area contributed by atoms with Gasteiger partial charge in [0.2, 0.25) is 5.91 Å². The summed E-state index contributed by atoms with van der Waals surface area (Å²) in [4.78, 5) is 24.4. The van der Waals surface area contributed by atoms with E-state index in [0.717, 1.165) is 12.7 Å². The highest BCUT2D eigenvalue weighted by Gasteiger charge is 2.37. The molecule has 2 aromatic rings. The molecular formula is C21H19F6NO3. The first kappa shape index (κ1) is 24.2. The summed E-state index contributed by atoms with van der Waals surface area (Å²) < 4.78 is 82.5. The zero-order chi connectivity index (χ0) is 23.4. The Morgan fingerprint density at radius 2 is 1.52 bits per heavy atom. The molecule has 2 rings (SSSR count). The van der Waals surface area contributed by atoms with Gasteiger partial charge < -0.3 is 10.1 Å². The molecule has 0 saturated heterocycles. The molecule has 168 valence electrons. The summed E-state index contributed by atoms with van der Waals surface area (Å²) in [6, 6.07) is 6.80. The molecule has 1 N–H and O–H groups in total. The van der Waals surface area contributed by atoms with Crippen LogP contribution in [0.4, 0.5) is 26.3 Å². The van der Waals surface area contributed by atoms with Crippen molar-refractivity contribution in [3.05, 3.63) is 70.3 Å². The first-order valence-electron chi connectivity index (χ1n) is 9.00. The first-order chi connectivity index (χ1) is 14.3. The number of amides is 1. The third kappa shape index (κ3) is 7.01. The van der Waals surface area contributed by atoms with Crippen molar-refractivity contribution in [2.45, 2.75) is 38.2 Å². The Morgan fingerprint density at radius 3 is 2.00 bits per heavy atom. The number of hydrogen-bond donors (Lipinski definition) is 1. The second-order valence-corrected chi connectivity index (χ2v) is 6.93. The molecule has 0 unspecified atom stereocenters. The van der Waals surface area contributed by atoms with Gasteiger partial charge in [0.1, 0.15) is 6.04 Å². The molecule has 2 aromatic carbocycles. The molecule has 0 aliphatic carbocycles. The van der Waals surface area contributed by atoms with E-state index >= 15 is 0 Å². The molecule has 31 heavy (non-hydrogen) atoms. The number of benzene rings is 2. The van der Waals surface area contributed by atoms with E-state index in [1.54, 1.807) is 18.2 Å². The largest absolute Gasteiger partial charge is 0.467 e. The lowest BCUT2D eigenvalue weighted by Crippen LogP contribution is -2.43. The second-order valence-electron chi connectivity index (χ2n) is 6.93. The van der Waals surface area contributed by atoms with Gasteiger partial charge in [0.05, 0.1) is 24.7 Å². The van der Waals surface area contributed by atoms with Gasteiger partial charge in [-0.25, -0.2) is 4.79 Å². The summed E-state index contributed by atoms with van der Waals surface area (Å²) in [6.07, 6.45) is -10.8. The molecule has 0 aliphatic heterocycles. The lowest BCUT2D eigenvalue weighted by atomic mass is 10.0.